The molecule has 0 aliphatic heterocycles. The van der Waals surface area contributed by atoms with E-state index >= 15 is 0 Å². The maximum atomic E-state index is 12.4. The van der Waals surface area contributed by atoms with Crippen molar-refractivity contribution in [3.05, 3.63) is 64.7 Å². The molecule has 0 unspecified atom stereocenters. The zero-order chi connectivity index (χ0) is 18.2. The molecule has 2 aromatic rings. The highest BCUT2D eigenvalue weighted by atomic mass is 16.5. The van der Waals surface area contributed by atoms with Gasteiger partial charge in [0.15, 0.2) is 0 Å². The molecular formula is C20H24N2O3. The fourth-order valence-electron chi connectivity index (χ4n) is 2.56. The quantitative estimate of drug-likeness (QED) is 0.762. The van der Waals surface area contributed by atoms with Crippen molar-refractivity contribution < 1.29 is 14.3 Å². The fourth-order valence-corrected chi connectivity index (χ4v) is 2.56. The second kappa shape index (κ2) is 8.99. The van der Waals surface area contributed by atoms with E-state index in [0.717, 1.165) is 11.1 Å². The van der Waals surface area contributed by atoms with Gasteiger partial charge in [0.2, 0.25) is 5.91 Å². The number of nitrogens with one attached hydrogen (secondary N) is 2. The van der Waals surface area contributed by atoms with Gasteiger partial charge in [0.1, 0.15) is 0 Å². The molecule has 0 aromatic heterocycles. The molecule has 132 valence electrons. The first-order valence-electron chi connectivity index (χ1n) is 8.23. The van der Waals surface area contributed by atoms with Crippen LogP contribution in [0.1, 0.15) is 27.0 Å². The van der Waals surface area contributed by atoms with Gasteiger partial charge in [-0.2, -0.15) is 0 Å². The van der Waals surface area contributed by atoms with E-state index in [2.05, 4.69) is 16.7 Å². The van der Waals surface area contributed by atoms with Gasteiger partial charge < -0.3 is 15.4 Å². The van der Waals surface area contributed by atoms with E-state index in [0.29, 0.717) is 24.4 Å². The number of amides is 2. The number of benzene rings is 2. The van der Waals surface area contributed by atoms with Crippen LogP contribution in [0.5, 0.6) is 0 Å². The molecule has 2 amide bonds. The summed E-state index contributed by atoms with van der Waals surface area (Å²) in [6, 6.07) is 13.0. The largest absolute Gasteiger partial charge is 0.383 e. The Morgan fingerprint density at radius 3 is 2.56 bits per heavy atom. The molecule has 0 radical (unpaired) electrons. The van der Waals surface area contributed by atoms with Crippen molar-refractivity contribution in [3.63, 3.8) is 0 Å². The van der Waals surface area contributed by atoms with Gasteiger partial charge in [-0.1, -0.05) is 35.9 Å². The Bertz CT molecular complexity index is 756. The minimum Gasteiger partial charge on any atom is -0.383 e. The number of anilines is 1. The molecule has 0 bridgehead atoms. The predicted molar refractivity (Wildman–Crippen MR) is 98.9 cm³/mol. The third kappa shape index (κ3) is 5.43. The zero-order valence-electron chi connectivity index (χ0n) is 14.9. The number of hydrogen-bond donors (Lipinski definition) is 2. The number of rotatable bonds is 7. The monoisotopic (exact) mass is 340 g/mol. The Balaban J connectivity index is 2.06. The SMILES string of the molecule is COCCNC(=O)c1ccccc1NC(=O)Cc1ccc(C)cc1C. The second-order valence-electron chi connectivity index (χ2n) is 5.95. The first-order valence-corrected chi connectivity index (χ1v) is 8.23. The second-order valence-corrected chi connectivity index (χ2v) is 5.95. The van der Waals surface area contributed by atoms with Crippen LogP contribution in [0.25, 0.3) is 0 Å². The van der Waals surface area contributed by atoms with Crippen LogP contribution in [0.3, 0.4) is 0 Å². The Labute approximate surface area is 148 Å². The molecule has 2 aromatic carbocycles. The third-order valence-electron chi connectivity index (χ3n) is 3.89. The summed E-state index contributed by atoms with van der Waals surface area (Å²) in [5.74, 6) is -0.386. The average molecular weight is 340 g/mol. The molecule has 5 heteroatoms. The molecule has 0 atom stereocenters. The maximum Gasteiger partial charge on any atom is 0.253 e. The van der Waals surface area contributed by atoms with Crippen LogP contribution in [0.15, 0.2) is 42.5 Å². The van der Waals surface area contributed by atoms with E-state index in [1.54, 1.807) is 31.4 Å². The number of aryl methyl sites for hydroxylation is 2. The molecule has 2 N–H and O–H groups in total. The normalized spacial score (nSPS) is 10.4. The van der Waals surface area contributed by atoms with Crippen LogP contribution in [-0.2, 0) is 16.0 Å². The van der Waals surface area contributed by atoms with Crippen molar-refractivity contribution >= 4 is 17.5 Å². The van der Waals surface area contributed by atoms with E-state index in [4.69, 9.17) is 4.74 Å². The zero-order valence-corrected chi connectivity index (χ0v) is 14.9. The summed E-state index contributed by atoms with van der Waals surface area (Å²) in [4.78, 5) is 24.6. The first-order chi connectivity index (χ1) is 12.0. The number of para-hydroxylation sites is 1. The van der Waals surface area contributed by atoms with Crippen LogP contribution in [0, 0.1) is 13.8 Å². The maximum absolute atomic E-state index is 12.4. The van der Waals surface area contributed by atoms with Crippen molar-refractivity contribution in [2.24, 2.45) is 0 Å². The molecule has 0 saturated carbocycles. The fraction of sp³-hybridized carbons (Fsp3) is 0.300. The van der Waals surface area contributed by atoms with Gasteiger partial charge in [-0.15, -0.1) is 0 Å². The highest BCUT2D eigenvalue weighted by Crippen LogP contribution is 2.17. The Hall–Kier alpha value is -2.66. The van der Waals surface area contributed by atoms with Gasteiger partial charge in [-0.05, 0) is 37.1 Å². The van der Waals surface area contributed by atoms with E-state index in [1.807, 2.05) is 26.0 Å². The Morgan fingerprint density at radius 1 is 1.08 bits per heavy atom. The molecule has 2 rings (SSSR count). The molecule has 5 nitrogen and oxygen atoms in total. The minimum absolute atomic E-state index is 0.149. The summed E-state index contributed by atoms with van der Waals surface area (Å²) in [5.41, 5.74) is 4.17. The molecule has 0 heterocycles. The van der Waals surface area contributed by atoms with Crippen LogP contribution < -0.4 is 10.6 Å². The molecule has 0 saturated heterocycles. The van der Waals surface area contributed by atoms with Crippen LogP contribution in [-0.4, -0.2) is 32.1 Å². The molecule has 0 aliphatic rings. The van der Waals surface area contributed by atoms with E-state index < -0.39 is 0 Å². The van der Waals surface area contributed by atoms with Gasteiger partial charge in [0.05, 0.1) is 24.3 Å². The van der Waals surface area contributed by atoms with Crippen molar-refractivity contribution in [2.45, 2.75) is 20.3 Å². The van der Waals surface area contributed by atoms with Crippen molar-refractivity contribution in [2.75, 3.05) is 25.6 Å². The summed E-state index contributed by atoms with van der Waals surface area (Å²) in [7, 11) is 1.58. The van der Waals surface area contributed by atoms with Crippen molar-refractivity contribution in [1.29, 1.82) is 0 Å². The van der Waals surface area contributed by atoms with Gasteiger partial charge in [-0.25, -0.2) is 0 Å². The van der Waals surface area contributed by atoms with Gasteiger partial charge >= 0.3 is 0 Å². The smallest absolute Gasteiger partial charge is 0.253 e. The van der Waals surface area contributed by atoms with Crippen molar-refractivity contribution in [1.82, 2.24) is 5.32 Å². The van der Waals surface area contributed by atoms with E-state index in [1.165, 1.54) is 5.56 Å². The summed E-state index contributed by atoms with van der Waals surface area (Å²) >= 11 is 0. The molecule has 25 heavy (non-hydrogen) atoms. The first kappa shape index (κ1) is 18.7. The standard InChI is InChI=1S/C20H24N2O3/c1-14-8-9-16(15(2)12-14)13-19(23)22-18-7-5-4-6-17(18)20(24)21-10-11-25-3/h4-9,12H,10-11,13H2,1-3H3,(H,21,24)(H,22,23). The lowest BCUT2D eigenvalue weighted by molar-refractivity contribution is -0.115. The molecule has 0 spiro atoms. The molecule has 0 fully saturated rings. The van der Waals surface area contributed by atoms with Gasteiger partial charge in [-0.3, -0.25) is 9.59 Å². The number of hydrogen-bond acceptors (Lipinski definition) is 3. The van der Waals surface area contributed by atoms with Gasteiger partial charge in [0, 0.05) is 13.7 Å². The Morgan fingerprint density at radius 2 is 1.84 bits per heavy atom. The summed E-state index contributed by atoms with van der Waals surface area (Å²) in [6.07, 6.45) is 0.270. The average Bonchev–Trinajstić information content (AvgIpc) is 2.58. The summed E-state index contributed by atoms with van der Waals surface area (Å²) in [5, 5.41) is 5.60. The lowest BCUT2D eigenvalue weighted by Gasteiger charge is -2.12. The highest BCUT2D eigenvalue weighted by Gasteiger charge is 2.13. The summed E-state index contributed by atoms with van der Waals surface area (Å²) in [6.45, 7) is 4.87. The highest BCUT2D eigenvalue weighted by molar-refractivity contribution is 6.04. The van der Waals surface area contributed by atoms with Crippen LogP contribution >= 0.6 is 0 Å². The lowest BCUT2D eigenvalue weighted by Crippen LogP contribution is -2.28. The van der Waals surface area contributed by atoms with Crippen molar-refractivity contribution in [3.8, 4) is 0 Å². The molecular weight excluding hydrogens is 316 g/mol. The van der Waals surface area contributed by atoms with Crippen LogP contribution in [0.4, 0.5) is 5.69 Å². The van der Waals surface area contributed by atoms with Gasteiger partial charge in [0.25, 0.3) is 5.91 Å². The number of carbonyl (C=O) groups is 2. The van der Waals surface area contributed by atoms with Crippen LogP contribution in [0.2, 0.25) is 0 Å². The number of methoxy groups -OCH3 is 1. The predicted octanol–water partition coefficient (Wildman–Crippen LogP) is 2.86. The van der Waals surface area contributed by atoms with E-state index in [-0.39, 0.29) is 18.2 Å². The third-order valence-corrected chi connectivity index (χ3v) is 3.89. The minimum atomic E-state index is -0.237. The summed E-state index contributed by atoms with van der Waals surface area (Å²) < 4.78 is 4.92. The number of ether oxygens (including phenoxy) is 1. The molecule has 0 aliphatic carbocycles. The number of carbonyl (C=O) groups excluding carboxylic acids is 2. The van der Waals surface area contributed by atoms with E-state index in [9.17, 15) is 9.59 Å². The topological polar surface area (TPSA) is 67.4 Å². The Kier molecular flexibility index (Phi) is 6.71. The lowest BCUT2D eigenvalue weighted by atomic mass is 10.0.